The number of pyridine rings is 1. The van der Waals surface area contributed by atoms with Crippen LogP contribution in [-0.4, -0.2) is 45.5 Å². The first-order valence-corrected chi connectivity index (χ1v) is 28.1. The first kappa shape index (κ1) is 49.0. The average Bonchev–Trinajstić information content (AvgIpc) is 3.94. The van der Waals surface area contributed by atoms with E-state index in [2.05, 4.69) is 288 Å². The van der Waals surface area contributed by atoms with Crippen molar-refractivity contribution in [1.29, 1.82) is 0 Å². The second kappa shape index (κ2) is 22.1. The maximum Gasteiger partial charge on any atom is 0.108 e. The van der Waals surface area contributed by atoms with Gasteiger partial charge in [0.2, 0.25) is 0 Å². The van der Waals surface area contributed by atoms with Crippen molar-refractivity contribution >= 4 is 84.8 Å². The molecule has 0 amide bonds. The second-order valence-electron chi connectivity index (χ2n) is 21.6. The molecule has 2 aromatic heterocycles. The van der Waals surface area contributed by atoms with Gasteiger partial charge in [0.15, 0.2) is 0 Å². The number of aromatic nitrogens is 1. The fraction of sp³-hybridized carbons (Fsp3) is 0.217. The Morgan fingerprint density at radius 2 is 0.895 bits per heavy atom. The van der Waals surface area contributed by atoms with Gasteiger partial charge < -0.3 is 19.6 Å². The van der Waals surface area contributed by atoms with Crippen LogP contribution in [0.5, 0.6) is 0 Å². The Kier molecular flexibility index (Phi) is 14.3. The van der Waals surface area contributed by atoms with Crippen molar-refractivity contribution in [3.8, 4) is 0 Å². The summed E-state index contributed by atoms with van der Waals surface area (Å²) in [7, 11) is 6.74. The Morgan fingerprint density at radius 1 is 0.434 bits per heavy atom. The van der Waals surface area contributed by atoms with Crippen LogP contribution < -0.4 is 45.8 Å². The summed E-state index contributed by atoms with van der Waals surface area (Å²) in [4.78, 5) is 10.4. The summed E-state index contributed by atoms with van der Waals surface area (Å²) in [6.45, 7) is 0. The van der Waals surface area contributed by atoms with Crippen molar-refractivity contribution in [1.82, 2.24) is 0 Å². The molecule has 0 radical (unpaired) electrons. The fourth-order valence-electron chi connectivity index (χ4n) is 13.5. The number of para-hydroxylation sites is 4. The number of rotatable bonds is 7. The molecule has 376 valence electrons. The third-order valence-corrected chi connectivity index (χ3v) is 17.2. The zero-order valence-electron chi connectivity index (χ0n) is 44.3. The summed E-state index contributed by atoms with van der Waals surface area (Å²) < 4.78 is 2.16. The van der Waals surface area contributed by atoms with Gasteiger partial charge in [-0.3, -0.25) is 0 Å². The van der Waals surface area contributed by atoms with Gasteiger partial charge >= 0.3 is 105 Å². The number of benzene rings is 8. The molecule has 14 rings (SSSR count). The van der Waals surface area contributed by atoms with E-state index in [0.717, 1.165) is 0 Å². The molecule has 7 heteroatoms. The first-order chi connectivity index (χ1) is 37.6. The quantitative estimate of drug-likeness (QED) is 0.117. The molecule has 76 heavy (non-hydrogen) atoms. The zero-order valence-corrected chi connectivity index (χ0v) is 44.3. The monoisotopic (exact) mass is 990 g/mol. The van der Waals surface area contributed by atoms with E-state index < -0.39 is 6.15 Å². The van der Waals surface area contributed by atoms with Crippen molar-refractivity contribution in [3.05, 3.63) is 249 Å². The summed E-state index contributed by atoms with van der Waals surface area (Å²) in [5.41, 5.74) is 12.1. The van der Waals surface area contributed by atoms with Crippen LogP contribution in [0.25, 0.3) is 27.0 Å². The van der Waals surface area contributed by atoms with Crippen LogP contribution in [-0.2, 0) is 0 Å². The Balaban J connectivity index is 0.000000120. The topological polar surface area (TPSA) is 17.1 Å². The molecule has 2 aliphatic carbocycles. The fourth-order valence-corrected chi connectivity index (χ4v) is 13.5. The van der Waals surface area contributed by atoms with Crippen LogP contribution in [0, 0.1) is 0 Å². The number of hydrogen-bond acceptors (Lipinski definition) is 4. The zero-order chi connectivity index (χ0) is 51.3. The molecule has 10 aromatic rings. The molecular weight excluding hydrogens is 920 g/mol. The van der Waals surface area contributed by atoms with E-state index in [4.69, 9.17) is 0 Å². The molecule has 5 nitrogen and oxygen atoms in total. The maximum atomic E-state index is 2.75. The summed E-state index contributed by atoms with van der Waals surface area (Å²) in [5, 5.41) is 5.16. The van der Waals surface area contributed by atoms with E-state index in [1.54, 1.807) is 0 Å². The van der Waals surface area contributed by atoms with Gasteiger partial charge in [-0.25, -0.2) is 0 Å². The predicted octanol–water partition coefficient (Wildman–Crippen LogP) is 12.9. The smallest absolute Gasteiger partial charge is 0.108 e. The minimum atomic E-state index is -1.22. The van der Waals surface area contributed by atoms with Gasteiger partial charge in [-0.05, 0) is 56.0 Å². The molecule has 0 saturated heterocycles. The molecule has 8 aromatic carbocycles. The molecule has 0 bridgehead atoms. The van der Waals surface area contributed by atoms with E-state index in [1.807, 2.05) is 0 Å². The van der Waals surface area contributed by atoms with Crippen molar-refractivity contribution in [3.63, 3.8) is 0 Å². The van der Waals surface area contributed by atoms with Gasteiger partial charge in [-0.15, -0.1) is 0 Å². The van der Waals surface area contributed by atoms with Gasteiger partial charge in [0, 0.05) is 26.2 Å². The molecule has 0 spiro atoms. The Morgan fingerprint density at radius 3 is 1.46 bits per heavy atom. The Hall–Kier alpha value is -7.89. The number of nitrogens with zero attached hydrogens (tertiary/aromatic N) is 5. The summed E-state index contributed by atoms with van der Waals surface area (Å²) in [6, 6.07) is 84.3. The van der Waals surface area contributed by atoms with Crippen LogP contribution in [0.4, 0.5) is 22.7 Å². The van der Waals surface area contributed by atoms with Crippen molar-refractivity contribution < 1.29 is 4.31 Å². The van der Waals surface area contributed by atoms with Gasteiger partial charge in [0.25, 0.3) is 0 Å². The van der Waals surface area contributed by atoms with Crippen LogP contribution >= 0.6 is 0 Å². The van der Waals surface area contributed by atoms with E-state index in [0.29, 0.717) is 12.1 Å². The normalized spacial score (nSPS) is 17.2. The molecule has 2 fully saturated rings. The van der Waals surface area contributed by atoms with Crippen LogP contribution in [0.1, 0.15) is 64.2 Å². The van der Waals surface area contributed by atoms with Crippen LogP contribution in [0.2, 0.25) is 0 Å². The molecular formula is C69H69B2N5. The Bertz CT molecular complexity index is 3270. The van der Waals surface area contributed by atoms with Gasteiger partial charge in [0.1, 0.15) is 18.1 Å². The van der Waals surface area contributed by atoms with Gasteiger partial charge in [-0.1, -0.05) is 184 Å². The summed E-state index contributed by atoms with van der Waals surface area (Å²) in [6.07, 6.45) is 17.1. The van der Waals surface area contributed by atoms with Crippen LogP contribution in [0.3, 0.4) is 0 Å². The summed E-state index contributed by atoms with van der Waals surface area (Å²) >= 11 is 0. The molecule has 4 heterocycles. The average molecular weight is 990 g/mol. The minimum Gasteiger partial charge on any atom is -0.195 e. The minimum absolute atomic E-state index is 0.253. The third kappa shape index (κ3) is 9.46. The van der Waals surface area contributed by atoms with Crippen LogP contribution in [0.15, 0.2) is 249 Å². The molecule has 1 unspecified atom stereocenters. The van der Waals surface area contributed by atoms with E-state index in [1.165, 1.54) is 142 Å². The molecule has 4 aliphatic rings. The third-order valence-electron chi connectivity index (χ3n) is 17.2. The SMILES string of the molecule is CN1/C(=C\C2N(C)c3ccccc3N2C2CCCCC2)N(C2CCCCC2)c2ccccc21.b1c2cc3ccccc3cc2cc2cccc[n+]12.c1ccc([B-](c2ccccc2)(c2ccccc2)c2ccccc2)cc1. The van der Waals surface area contributed by atoms with Crippen molar-refractivity contribution in [2.24, 2.45) is 0 Å². The van der Waals surface area contributed by atoms with E-state index in [-0.39, 0.29) is 6.17 Å². The van der Waals surface area contributed by atoms with Crippen molar-refractivity contribution in [2.45, 2.75) is 82.5 Å². The largest absolute Gasteiger partial charge is 0.195 e. The van der Waals surface area contributed by atoms with Gasteiger partial charge in [-0.2, -0.15) is 21.9 Å². The summed E-state index contributed by atoms with van der Waals surface area (Å²) in [5.74, 6) is 1.37. The van der Waals surface area contributed by atoms with E-state index >= 15 is 0 Å². The van der Waals surface area contributed by atoms with Crippen molar-refractivity contribution in [2.75, 3.05) is 33.7 Å². The number of hydrogen-bond donors (Lipinski definition) is 0. The molecule has 1 atom stereocenters. The van der Waals surface area contributed by atoms with Gasteiger partial charge in [0.05, 0.1) is 22.7 Å². The number of anilines is 4. The first-order valence-electron chi connectivity index (χ1n) is 28.1. The number of fused-ring (bicyclic) bond motifs is 5. The predicted molar refractivity (Wildman–Crippen MR) is 326 cm³/mol. The maximum absolute atomic E-state index is 2.75. The number of likely N-dealkylation sites (N-methyl/N-ethyl adjacent to an activating group) is 1. The second-order valence-corrected chi connectivity index (χ2v) is 21.6. The Labute approximate surface area is 451 Å². The molecule has 2 aliphatic heterocycles. The molecule has 0 N–H and O–H groups in total. The molecule has 2 saturated carbocycles. The van der Waals surface area contributed by atoms with E-state index in [9.17, 15) is 0 Å². The standard InChI is InChI=1S/C29H38N4.C24H20B.C16H11BN/c1-30-24-17-9-11-19-26(24)32(22-13-5-3-6-14-22)28(30)21-29-31(2)25-18-10-12-20-27(25)33(29)23-15-7-4-8-16-23;1-5-13-21(14-6-1)25(22-15-7-2-8-16-22,23-17-9-3-10-18-23)24-19-11-4-12-20-24;1-2-6-13-11-16-14(9-12(13)5-1)10-15-7-3-4-8-18(15)17-16/h9-12,17-23,28H,3-8,13-16H2,1-2H3;1-20H;1-11H/q;-1;+1/b29-21+;;.